The van der Waals surface area contributed by atoms with Crippen LogP contribution in [0.25, 0.3) is 10.9 Å². The molecule has 1 aromatic heterocycles. The lowest BCUT2D eigenvalue weighted by molar-refractivity contribution is -0.147. The van der Waals surface area contributed by atoms with Crippen LogP contribution in [-0.4, -0.2) is 65.7 Å². The summed E-state index contributed by atoms with van der Waals surface area (Å²) >= 11 is 0. The number of carbonyl (C=O) groups is 4. The van der Waals surface area contributed by atoms with E-state index in [0.717, 1.165) is 5.39 Å². The third-order valence-electron chi connectivity index (χ3n) is 5.20. The van der Waals surface area contributed by atoms with Gasteiger partial charge in [-0.1, -0.05) is 18.2 Å². The van der Waals surface area contributed by atoms with Gasteiger partial charge in [-0.15, -0.1) is 0 Å². The second-order valence-corrected chi connectivity index (χ2v) is 9.35. The van der Waals surface area contributed by atoms with Crippen molar-refractivity contribution in [3.8, 4) is 0 Å². The molecule has 0 spiro atoms. The fourth-order valence-electron chi connectivity index (χ4n) is 3.67. The molecule has 6 N–H and O–H groups in total. The summed E-state index contributed by atoms with van der Waals surface area (Å²) in [7, 11) is 0. The average molecular weight is 517 g/mol. The summed E-state index contributed by atoms with van der Waals surface area (Å²) in [5.41, 5.74) is 11.2. The predicted molar refractivity (Wildman–Crippen MR) is 139 cm³/mol. The molecule has 2 amide bonds. The molecule has 2 rings (SSSR count). The maximum absolute atomic E-state index is 13.4. The van der Waals surface area contributed by atoms with Crippen molar-refractivity contribution in [2.45, 2.75) is 64.6 Å². The maximum Gasteiger partial charge on any atom is 0.408 e. The van der Waals surface area contributed by atoms with Gasteiger partial charge in [0.05, 0.1) is 12.1 Å². The van der Waals surface area contributed by atoms with Crippen molar-refractivity contribution in [1.82, 2.24) is 15.2 Å². The number of nitrogens with one attached hydrogen (secondary N) is 2. The van der Waals surface area contributed by atoms with E-state index in [0.29, 0.717) is 23.9 Å². The van der Waals surface area contributed by atoms with Gasteiger partial charge in [-0.25, -0.2) is 9.59 Å². The quantitative estimate of drug-likeness (QED) is 0.107. The van der Waals surface area contributed by atoms with Crippen LogP contribution in [0.2, 0.25) is 0 Å². The molecule has 0 saturated heterocycles. The summed E-state index contributed by atoms with van der Waals surface area (Å²) in [6.45, 7) is 7.15. The zero-order valence-corrected chi connectivity index (χ0v) is 21.7. The molecule has 0 bridgehead atoms. The van der Waals surface area contributed by atoms with Gasteiger partial charge in [0.2, 0.25) is 12.3 Å². The molecular formula is C25H36N6O6. The first-order chi connectivity index (χ1) is 17.4. The average Bonchev–Trinajstić information content (AvgIpc) is 3.17. The first-order valence-corrected chi connectivity index (χ1v) is 12.0. The van der Waals surface area contributed by atoms with E-state index in [1.807, 2.05) is 12.1 Å². The van der Waals surface area contributed by atoms with Crippen LogP contribution in [0.1, 0.15) is 46.1 Å². The Bertz CT molecular complexity index is 1130. The highest BCUT2D eigenvalue weighted by atomic mass is 16.6. The van der Waals surface area contributed by atoms with Crippen LogP contribution in [0, 0.1) is 0 Å². The Morgan fingerprint density at radius 1 is 1.14 bits per heavy atom. The van der Waals surface area contributed by atoms with Gasteiger partial charge in [0.15, 0.2) is 5.96 Å². The number of para-hydroxylation sites is 1. The van der Waals surface area contributed by atoms with E-state index in [1.54, 1.807) is 46.0 Å². The second kappa shape index (κ2) is 13.3. The van der Waals surface area contributed by atoms with Gasteiger partial charge >= 0.3 is 12.1 Å². The van der Waals surface area contributed by atoms with Crippen molar-refractivity contribution < 1.29 is 28.7 Å². The van der Waals surface area contributed by atoms with Gasteiger partial charge in [-0.2, -0.15) is 0 Å². The van der Waals surface area contributed by atoms with Gasteiger partial charge < -0.3 is 31.6 Å². The van der Waals surface area contributed by atoms with Crippen molar-refractivity contribution in [3.05, 3.63) is 36.0 Å². The molecule has 202 valence electrons. The molecule has 1 heterocycles. The number of benzene rings is 1. The number of aliphatic imine (C=N–C) groups is 1. The van der Waals surface area contributed by atoms with Crippen LogP contribution >= 0.6 is 0 Å². The normalized spacial score (nSPS) is 12.8. The van der Waals surface area contributed by atoms with Crippen LogP contribution in [0.5, 0.6) is 0 Å². The van der Waals surface area contributed by atoms with Crippen LogP contribution in [0.15, 0.2) is 35.5 Å². The van der Waals surface area contributed by atoms with Crippen LogP contribution in [0.4, 0.5) is 4.79 Å². The van der Waals surface area contributed by atoms with E-state index in [2.05, 4.69) is 15.6 Å². The Labute approximate surface area is 215 Å². The number of ether oxygens (including phenoxy) is 2. The summed E-state index contributed by atoms with van der Waals surface area (Å²) < 4.78 is 11.9. The lowest BCUT2D eigenvalue weighted by Crippen LogP contribution is -2.53. The van der Waals surface area contributed by atoms with Gasteiger partial charge in [0.25, 0.3) is 0 Å². The SMILES string of the molecule is CCOC(=O)[C@H](CCCN=C(N)N)NC(=O)[C@H](Cc1cn(C=O)c2ccccc12)NC(=O)OC(C)(C)C. The highest BCUT2D eigenvalue weighted by Crippen LogP contribution is 2.22. The largest absolute Gasteiger partial charge is 0.464 e. The van der Waals surface area contributed by atoms with Crippen molar-refractivity contribution >= 4 is 41.2 Å². The molecule has 0 aliphatic carbocycles. The van der Waals surface area contributed by atoms with E-state index in [-0.39, 0.29) is 32.0 Å². The number of amides is 2. The monoisotopic (exact) mass is 516 g/mol. The molecule has 0 saturated carbocycles. The molecule has 0 unspecified atom stereocenters. The zero-order chi connectivity index (χ0) is 27.6. The molecule has 0 aliphatic rings. The lowest BCUT2D eigenvalue weighted by atomic mass is 10.0. The van der Waals surface area contributed by atoms with E-state index in [9.17, 15) is 19.2 Å². The fourth-order valence-corrected chi connectivity index (χ4v) is 3.67. The summed E-state index contributed by atoms with van der Waals surface area (Å²) in [6.07, 6.45) is 2.12. The molecule has 1 aromatic carbocycles. The lowest BCUT2D eigenvalue weighted by Gasteiger charge is -2.25. The number of alkyl carbamates (subject to hydrolysis) is 1. The minimum absolute atomic E-state index is 0.0377. The maximum atomic E-state index is 13.4. The second-order valence-electron chi connectivity index (χ2n) is 9.35. The molecule has 2 aromatic rings. The highest BCUT2D eigenvalue weighted by molar-refractivity contribution is 5.92. The van der Waals surface area contributed by atoms with Crippen molar-refractivity contribution in [3.63, 3.8) is 0 Å². The fraction of sp³-hybridized carbons (Fsp3) is 0.480. The number of hydrogen-bond acceptors (Lipinski definition) is 7. The number of hydrogen-bond donors (Lipinski definition) is 4. The van der Waals surface area contributed by atoms with Gasteiger partial charge in [0, 0.05) is 24.5 Å². The van der Waals surface area contributed by atoms with E-state index in [4.69, 9.17) is 20.9 Å². The smallest absolute Gasteiger partial charge is 0.408 e. The molecular weight excluding hydrogens is 480 g/mol. The summed E-state index contributed by atoms with van der Waals surface area (Å²) in [6, 6.07) is 5.10. The molecule has 12 nitrogen and oxygen atoms in total. The number of guanidine groups is 1. The first kappa shape index (κ1) is 29.1. The van der Waals surface area contributed by atoms with Crippen molar-refractivity contribution in [2.24, 2.45) is 16.5 Å². The summed E-state index contributed by atoms with van der Waals surface area (Å²) in [4.78, 5) is 53.9. The predicted octanol–water partition coefficient (Wildman–Crippen LogP) is 1.22. The van der Waals surface area contributed by atoms with Gasteiger partial charge in [-0.05, 0) is 52.2 Å². The van der Waals surface area contributed by atoms with E-state index >= 15 is 0 Å². The molecule has 0 fully saturated rings. The number of nitrogens with two attached hydrogens (primary N) is 2. The van der Waals surface area contributed by atoms with Crippen LogP contribution in [-0.2, 0) is 30.3 Å². The third kappa shape index (κ3) is 9.13. The molecule has 2 atom stereocenters. The molecule has 37 heavy (non-hydrogen) atoms. The first-order valence-electron chi connectivity index (χ1n) is 12.0. The molecule has 12 heteroatoms. The highest BCUT2D eigenvalue weighted by Gasteiger charge is 2.30. The Morgan fingerprint density at radius 3 is 2.46 bits per heavy atom. The number of esters is 1. The zero-order valence-electron chi connectivity index (χ0n) is 21.7. The summed E-state index contributed by atoms with van der Waals surface area (Å²) in [5, 5.41) is 6.02. The molecule has 0 radical (unpaired) electrons. The number of rotatable bonds is 12. The molecule has 0 aliphatic heterocycles. The third-order valence-corrected chi connectivity index (χ3v) is 5.20. The Kier molecular flexibility index (Phi) is 10.5. The number of aromatic nitrogens is 1. The van der Waals surface area contributed by atoms with Crippen LogP contribution in [0.3, 0.4) is 0 Å². The van der Waals surface area contributed by atoms with E-state index in [1.165, 1.54) is 4.57 Å². The standard InChI is InChI=1S/C25H36N6O6/c1-5-36-22(34)18(10-8-12-28-23(26)27)29-21(33)19(30-24(35)37-25(2,3)4)13-16-14-31(15-32)20-11-7-6-9-17(16)20/h6-7,9,11,14-15,18-19H,5,8,10,12-13H2,1-4H3,(H,29,33)(H,30,35)(H4,26,27,28)/t18-,19-/m0/s1. The number of nitrogens with zero attached hydrogens (tertiary/aromatic N) is 2. The number of carbonyl (C=O) groups excluding carboxylic acids is 4. The Balaban J connectivity index is 2.31. The topological polar surface area (TPSA) is 180 Å². The minimum Gasteiger partial charge on any atom is -0.464 e. The Morgan fingerprint density at radius 2 is 1.84 bits per heavy atom. The van der Waals surface area contributed by atoms with Crippen LogP contribution < -0.4 is 22.1 Å². The minimum atomic E-state index is -1.12. The van der Waals surface area contributed by atoms with Crippen molar-refractivity contribution in [2.75, 3.05) is 13.2 Å². The van der Waals surface area contributed by atoms with Gasteiger partial charge in [-0.3, -0.25) is 19.1 Å². The van der Waals surface area contributed by atoms with Gasteiger partial charge in [0.1, 0.15) is 17.7 Å². The Hall–Kier alpha value is -4.09. The van der Waals surface area contributed by atoms with Crippen molar-refractivity contribution in [1.29, 1.82) is 0 Å². The summed E-state index contributed by atoms with van der Waals surface area (Å²) in [5.74, 6) is -1.31. The number of fused-ring (bicyclic) bond motifs is 1. The van der Waals surface area contributed by atoms with E-state index < -0.39 is 35.7 Å².